The quantitative estimate of drug-likeness (QED) is 0.817. The van der Waals surface area contributed by atoms with Gasteiger partial charge in [-0.05, 0) is 31.4 Å². The molecule has 17 heavy (non-hydrogen) atoms. The van der Waals surface area contributed by atoms with Crippen LogP contribution >= 0.6 is 11.6 Å². The monoisotopic (exact) mass is 252 g/mol. The number of halogens is 1. The number of ether oxygens (including phenoxy) is 1. The highest BCUT2D eigenvalue weighted by atomic mass is 35.5. The van der Waals surface area contributed by atoms with E-state index in [-0.39, 0.29) is 18.1 Å². The summed E-state index contributed by atoms with van der Waals surface area (Å²) in [6.07, 6.45) is 5.17. The Balaban J connectivity index is 1.68. The second kappa shape index (κ2) is 4.27. The summed E-state index contributed by atoms with van der Waals surface area (Å²) >= 11 is 5.75. The minimum atomic E-state index is -0.101. The zero-order valence-corrected chi connectivity index (χ0v) is 9.98. The van der Waals surface area contributed by atoms with E-state index >= 15 is 0 Å². The predicted octanol–water partition coefficient (Wildman–Crippen LogP) is 1.78. The fourth-order valence-corrected chi connectivity index (χ4v) is 2.76. The third kappa shape index (κ3) is 2.15. The van der Waals surface area contributed by atoms with Crippen molar-refractivity contribution in [3.63, 3.8) is 0 Å². The maximum atomic E-state index is 12.0. The van der Waals surface area contributed by atoms with Crippen LogP contribution in [0.4, 0.5) is 0 Å². The van der Waals surface area contributed by atoms with Crippen LogP contribution in [0.1, 0.15) is 29.6 Å². The molecule has 1 amide bonds. The Bertz CT molecular complexity index is 452. The highest BCUT2D eigenvalue weighted by Crippen LogP contribution is 2.34. The molecule has 0 aliphatic carbocycles. The third-order valence-corrected chi connectivity index (χ3v) is 3.62. The zero-order valence-electron chi connectivity index (χ0n) is 9.23. The van der Waals surface area contributed by atoms with Crippen LogP contribution in [0.2, 0.25) is 5.15 Å². The number of hydrogen-bond acceptors (Lipinski definition) is 3. The van der Waals surface area contributed by atoms with Crippen molar-refractivity contribution in [3.05, 3.63) is 29.0 Å². The molecule has 3 unspecified atom stereocenters. The molecule has 1 aromatic heterocycles. The molecule has 3 heterocycles. The lowest BCUT2D eigenvalue weighted by Gasteiger charge is -2.19. The average molecular weight is 253 g/mol. The summed E-state index contributed by atoms with van der Waals surface area (Å²) in [6.45, 7) is 0. The van der Waals surface area contributed by atoms with E-state index in [9.17, 15) is 4.79 Å². The van der Waals surface area contributed by atoms with Crippen LogP contribution in [0.5, 0.6) is 0 Å². The number of aromatic nitrogens is 1. The van der Waals surface area contributed by atoms with Crippen molar-refractivity contribution in [2.24, 2.45) is 0 Å². The van der Waals surface area contributed by atoms with Crippen molar-refractivity contribution in [1.82, 2.24) is 10.3 Å². The second-order valence-corrected chi connectivity index (χ2v) is 4.94. The van der Waals surface area contributed by atoms with Gasteiger partial charge in [0, 0.05) is 11.8 Å². The van der Waals surface area contributed by atoms with Gasteiger partial charge in [-0.3, -0.25) is 4.79 Å². The molecular formula is C12H13ClN2O2. The van der Waals surface area contributed by atoms with E-state index in [2.05, 4.69) is 10.3 Å². The summed E-state index contributed by atoms with van der Waals surface area (Å²) in [5, 5.41) is 3.34. The van der Waals surface area contributed by atoms with Crippen LogP contribution in [0.15, 0.2) is 18.3 Å². The molecule has 5 heteroatoms. The molecule has 4 nitrogen and oxygen atoms in total. The van der Waals surface area contributed by atoms with Crippen LogP contribution in [0.3, 0.4) is 0 Å². The van der Waals surface area contributed by atoms with Gasteiger partial charge in [-0.1, -0.05) is 11.6 Å². The highest BCUT2D eigenvalue weighted by Gasteiger charge is 2.41. The van der Waals surface area contributed by atoms with E-state index in [0.29, 0.717) is 16.8 Å². The molecule has 0 spiro atoms. The number of carbonyl (C=O) groups is 1. The third-order valence-electron chi connectivity index (χ3n) is 3.41. The molecule has 2 bridgehead atoms. The Morgan fingerprint density at radius 2 is 2.41 bits per heavy atom. The lowest BCUT2D eigenvalue weighted by molar-refractivity contribution is 0.0841. The topological polar surface area (TPSA) is 51.2 Å². The van der Waals surface area contributed by atoms with Gasteiger partial charge in [0.15, 0.2) is 0 Å². The molecule has 90 valence electrons. The number of pyridine rings is 1. The summed E-state index contributed by atoms with van der Waals surface area (Å²) in [4.78, 5) is 15.8. The number of carbonyl (C=O) groups excluding carboxylic acids is 1. The Hall–Kier alpha value is -1.13. The van der Waals surface area contributed by atoms with Crippen molar-refractivity contribution in [3.8, 4) is 0 Å². The molecule has 2 aliphatic heterocycles. The Morgan fingerprint density at radius 1 is 1.53 bits per heavy atom. The van der Waals surface area contributed by atoms with E-state index in [1.54, 1.807) is 12.1 Å². The zero-order chi connectivity index (χ0) is 11.8. The summed E-state index contributed by atoms with van der Waals surface area (Å²) in [5.74, 6) is -0.101. The first kappa shape index (κ1) is 11.0. The molecule has 1 N–H and O–H groups in total. The van der Waals surface area contributed by atoms with E-state index in [1.165, 1.54) is 6.20 Å². The SMILES string of the molecule is O=C(NC1CC2CCC1O2)c1ccnc(Cl)c1. The minimum absolute atomic E-state index is 0.101. The van der Waals surface area contributed by atoms with Crippen LogP contribution in [-0.4, -0.2) is 29.1 Å². The molecule has 0 aromatic carbocycles. The van der Waals surface area contributed by atoms with Gasteiger partial charge in [0.1, 0.15) is 5.15 Å². The van der Waals surface area contributed by atoms with Gasteiger partial charge >= 0.3 is 0 Å². The summed E-state index contributed by atoms with van der Waals surface area (Å²) in [7, 11) is 0. The molecule has 2 fully saturated rings. The first-order chi connectivity index (χ1) is 8.22. The van der Waals surface area contributed by atoms with Gasteiger partial charge in [-0.2, -0.15) is 0 Å². The summed E-state index contributed by atoms with van der Waals surface area (Å²) in [5.41, 5.74) is 0.549. The van der Waals surface area contributed by atoms with Crippen LogP contribution in [-0.2, 0) is 4.74 Å². The standard InChI is InChI=1S/C12H13ClN2O2/c13-11-5-7(3-4-14-11)12(16)15-9-6-8-1-2-10(9)17-8/h3-5,8-10H,1-2,6H2,(H,15,16). The molecule has 2 saturated heterocycles. The minimum Gasteiger partial charge on any atom is -0.373 e. The Labute approximate surface area is 104 Å². The summed E-state index contributed by atoms with van der Waals surface area (Å²) in [6, 6.07) is 3.38. The van der Waals surface area contributed by atoms with Crippen molar-refractivity contribution < 1.29 is 9.53 Å². The van der Waals surface area contributed by atoms with E-state index in [4.69, 9.17) is 16.3 Å². The number of nitrogens with one attached hydrogen (secondary N) is 1. The van der Waals surface area contributed by atoms with Crippen LogP contribution in [0, 0.1) is 0 Å². The number of rotatable bonds is 2. The lowest BCUT2D eigenvalue weighted by atomic mass is 9.95. The predicted molar refractivity (Wildman–Crippen MR) is 63.0 cm³/mol. The van der Waals surface area contributed by atoms with Gasteiger partial charge in [0.2, 0.25) is 0 Å². The molecule has 3 rings (SSSR count). The number of amides is 1. The molecule has 2 aliphatic rings. The fourth-order valence-electron chi connectivity index (χ4n) is 2.59. The molecule has 0 radical (unpaired) electrons. The molecule has 1 aromatic rings. The number of hydrogen-bond donors (Lipinski definition) is 1. The van der Waals surface area contributed by atoms with Gasteiger partial charge < -0.3 is 10.1 Å². The largest absolute Gasteiger partial charge is 0.373 e. The van der Waals surface area contributed by atoms with Crippen LogP contribution in [0.25, 0.3) is 0 Å². The van der Waals surface area contributed by atoms with Gasteiger partial charge in [-0.25, -0.2) is 4.98 Å². The van der Waals surface area contributed by atoms with Crippen molar-refractivity contribution >= 4 is 17.5 Å². The summed E-state index contributed by atoms with van der Waals surface area (Å²) < 4.78 is 5.69. The van der Waals surface area contributed by atoms with Gasteiger partial charge in [-0.15, -0.1) is 0 Å². The number of fused-ring (bicyclic) bond motifs is 2. The molecular weight excluding hydrogens is 240 g/mol. The maximum Gasteiger partial charge on any atom is 0.251 e. The number of nitrogens with zero attached hydrogens (tertiary/aromatic N) is 1. The average Bonchev–Trinajstić information content (AvgIpc) is 2.91. The van der Waals surface area contributed by atoms with E-state index in [1.807, 2.05) is 0 Å². The fraction of sp³-hybridized carbons (Fsp3) is 0.500. The van der Waals surface area contributed by atoms with Crippen LogP contribution < -0.4 is 5.32 Å². The van der Waals surface area contributed by atoms with Crippen molar-refractivity contribution in [2.45, 2.75) is 37.5 Å². The molecule has 3 atom stereocenters. The second-order valence-electron chi connectivity index (χ2n) is 4.56. The van der Waals surface area contributed by atoms with Gasteiger partial charge in [0.05, 0.1) is 18.2 Å². The Morgan fingerprint density at radius 3 is 3.06 bits per heavy atom. The first-order valence-corrected chi connectivity index (χ1v) is 6.18. The Kier molecular flexibility index (Phi) is 2.76. The van der Waals surface area contributed by atoms with E-state index in [0.717, 1.165) is 19.3 Å². The van der Waals surface area contributed by atoms with E-state index < -0.39 is 0 Å². The van der Waals surface area contributed by atoms with Crippen molar-refractivity contribution in [1.29, 1.82) is 0 Å². The lowest BCUT2D eigenvalue weighted by Crippen LogP contribution is -2.41. The first-order valence-electron chi connectivity index (χ1n) is 5.80. The van der Waals surface area contributed by atoms with Gasteiger partial charge in [0.25, 0.3) is 5.91 Å². The van der Waals surface area contributed by atoms with Crippen molar-refractivity contribution in [2.75, 3.05) is 0 Å². The normalized spacial score (nSPS) is 30.5. The molecule has 0 saturated carbocycles. The maximum absolute atomic E-state index is 12.0. The highest BCUT2D eigenvalue weighted by molar-refractivity contribution is 6.29. The smallest absolute Gasteiger partial charge is 0.251 e.